The molecule has 0 bridgehead atoms. The van der Waals surface area contributed by atoms with Crippen LogP contribution in [0.2, 0.25) is 0 Å². The van der Waals surface area contributed by atoms with Gasteiger partial charge in [-0.25, -0.2) is 19.8 Å². The van der Waals surface area contributed by atoms with Crippen molar-refractivity contribution >= 4 is 22.8 Å². The van der Waals surface area contributed by atoms with Gasteiger partial charge in [0.05, 0.1) is 12.0 Å². The number of benzene rings is 2. The fourth-order valence-electron chi connectivity index (χ4n) is 4.74. The Hall–Kier alpha value is -3.98. The summed E-state index contributed by atoms with van der Waals surface area (Å²) < 4.78 is 19.3. The minimum atomic E-state index is -0.728. The van der Waals surface area contributed by atoms with E-state index in [4.69, 9.17) is 9.94 Å². The lowest BCUT2D eigenvalue weighted by molar-refractivity contribution is -0.140. The molecule has 0 fully saturated rings. The van der Waals surface area contributed by atoms with Gasteiger partial charge in [0.25, 0.3) is 0 Å². The van der Waals surface area contributed by atoms with Crippen molar-refractivity contribution in [2.75, 3.05) is 11.9 Å². The van der Waals surface area contributed by atoms with Crippen molar-refractivity contribution in [1.29, 1.82) is 0 Å². The lowest BCUT2D eigenvalue weighted by Crippen LogP contribution is -2.39. The smallest absolute Gasteiger partial charge is 0.249 e. The van der Waals surface area contributed by atoms with Crippen LogP contribution in [0.3, 0.4) is 0 Å². The van der Waals surface area contributed by atoms with Gasteiger partial charge in [-0.3, -0.25) is 10.0 Å². The maximum absolute atomic E-state index is 13.3. The summed E-state index contributed by atoms with van der Waals surface area (Å²) in [4.78, 5) is 24.1. The van der Waals surface area contributed by atoms with Crippen molar-refractivity contribution in [3.05, 3.63) is 72.3 Å². The van der Waals surface area contributed by atoms with Gasteiger partial charge in [0.1, 0.15) is 29.4 Å². The molecule has 0 saturated heterocycles. The summed E-state index contributed by atoms with van der Waals surface area (Å²) in [6.07, 6.45) is 2.04. The van der Waals surface area contributed by atoms with Crippen molar-refractivity contribution in [1.82, 2.24) is 20.4 Å². The number of aromatic amines is 1. The molecule has 0 aliphatic heterocycles. The SMILES string of the molecule is C[C@@H](Nc1ncnc2[nH]c(-c3ccc(OCC(C)(C)CC(C)(C)C(=O)NO)cc3)cc12)c1ccc(F)cc1. The number of halogens is 1. The number of fused-ring (bicyclic) bond motifs is 1. The number of nitrogens with one attached hydrogen (secondary N) is 3. The molecule has 0 aliphatic rings. The molecule has 200 valence electrons. The zero-order valence-electron chi connectivity index (χ0n) is 22.3. The Morgan fingerprint density at radius 2 is 1.76 bits per heavy atom. The molecule has 2 heterocycles. The highest BCUT2D eigenvalue weighted by Gasteiger charge is 2.35. The van der Waals surface area contributed by atoms with Crippen molar-refractivity contribution in [2.24, 2.45) is 10.8 Å². The fourth-order valence-corrected chi connectivity index (χ4v) is 4.74. The zero-order chi connectivity index (χ0) is 27.5. The van der Waals surface area contributed by atoms with Gasteiger partial charge < -0.3 is 15.0 Å². The topological polar surface area (TPSA) is 112 Å². The number of aromatic nitrogens is 3. The highest BCUT2D eigenvalue weighted by Crippen LogP contribution is 2.35. The van der Waals surface area contributed by atoms with E-state index >= 15 is 0 Å². The first kappa shape index (κ1) is 27.1. The van der Waals surface area contributed by atoms with E-state index in [1.54, 1.807) is 31.5 Å². The third kappa shape index (κ3) is 6.28. The van der Waals surface area contributed by atoms with Crippen LogP contribution < -0.4 is 15.5 Å². The Balaban J connectivity index is 1.45. The highest BCUT2D eigenvalue weighted by atomic mass is 19.1. The van der Waals surface area contributed by atoms with Gasteiger partial charge in [-0.2, -0.15) is 0 Å². The largest absolute Gasteiger partial charge is 0.493 e. The molecule has 0 spiro atoms. The third-order valence-electron chi connectivity index (χ3n) is 6.58. The number of amides is 1. The second-order valence-electron chi connectivity index (χ2n) is 11.1. The molecule has 4 aromatic rings. The van der Waals surface area contributed by atoms with Crippen LogP contribution in [0.4, 0.5) is 10.2 Å². The van der Waals surface area contributed by atoms with E-state index in [9.17, 15) is 9.18 Å². The average Bonchev–Trinajstić information content (AvgIpc) is 3.32. The van der Waals surface area contributed by atoms with Crippen molar-refractivity contribution < 1.29 is 19.1 Å². The van der Waals surface area contributed by atoms with E-state index in [-0.39, 0.29) is 17.3 Å². The Bertz CT molecular complexity index is 1400. The molecule has 1 amide bonds. The zero-order valence-corrected chi connectivity index (χ0v) is 22.3. The Morgan fingerprint density at radius 1 is 1.08 bits per heavy atom. The number of hydroxylamine groups is 1. The van der Waals surface area contributed by atoms with Crippen LogP contribution >= 0.6 is 0 Å². The number of carbonyl (C=O) groups is 1. The molecule has 0 saturated carbocycles. The van der Waals surface area contributed by atoms with Gasteiger partial charge in [-0.15, -0.1) is 0 Å². The number of anilines is 1. The van der Waals surface area contributed by atoms with Crippen LogP contribution in [0.5, 0.6) is 5.75 Å². The number of carbonyl (C=O) groups excluding carboxylic acids is 1. The van der Waals surface area contributed by atoms with E-state index < -0.39 is 11.3 Å². The predicted molar refractivity (Wildman–Crippen MR) is 145 cm³/mol. The fraction of sp³-hybridized carbons (Fsp3) is 0.345. The number of hydrogen-bond donors (Lipinski definition) is 4. The summed E-state index contributed by atoms with van der Waals surface area (Å²) in [5.74, 6) is 0.727. The van der Waals surface area contributed by atoms with Gasteiger partial charge in [0.2, 0.25) is 5.91 Å². The molecule has 2 aromatic heterocycles. The average molecular weight is 520 g/mol. The van der Waals surface area contributed by atoms with Crippen LogP contribution in [0, 0.1) is 16.6 Å². The van der Waals surface area contributed by atoms with Crippen LogP contribution in [0.15, 0.2) is 60.9 Å². The lowest BCUT2D eigenvalue weighted by atomic mass is 9.75. The van der Waals surface area contributed by atoms with E-state index in [0.29, 0.717) is 24.5 Å². The summed E-state index contributed by atoms with van der Waals surface area (Å²) >= 11 is 0. The van der Waals surface area contributed by atoms with Gasteiger partial charge in [-0.1, -0.05) is 39.8 Å². The van der Waals surface area contributed by atoms with Gasteiger partial charge >= 0.3 is 0 Å². The van der Waals surface area contributed by atoms with E-state index in [2.05, 4.69) is 20.3 Å². The van der Waals surface area contributed by atoms with Crippen LogP contribution in [0.25, 0.3) is 22.3 Å². The number of H-pyrrole nitrogens is 1. The normalized spacial score (nSPS) is 12.8. The molecule has 9 heteroatoms. The summed E-state index contributed by atoms with van der Waals surface area (Å²) in [6, 6.07) is 16.1. The number of nitrogens with zero attached hydrogens (tertiary/aromatic N) is 2. The van der Waals surface area contributed by atoms with Crippen molar-refractivity contribution in [2.45, 2.75) is 47.1 Å². The van der Waals surface area contributed by atoms with Gasteiger partial charge in [-0.05, 0) is 72.4 Å². The Labute approximate surface area is 221 Å². The third-order valence-corrected chi connectivity index (χ3v) is 6.58. The summed E-state index contributed by atoms with van der Waals surface area (Å²) in [5, 5.41) is 13.2. The van der Waals surface area contributed by atoms with Gasteiger partial charge in [0, 0.05) is 17.2 Å². The summed E-state index contributed by atoms with van der Waals surface area (Å²) in [6.45, 7) is 10.1. The Kier molecular flexibility index (Phi) is 7.68. The molecule has 1 atom stereocenters. The molecule has 0 aliphatic carbocycles. The molecule has 0 unspecified atom stereocenters. The van der Waals surface area contributed by atoms with Gasteiger partial charge in [0.15, 0.2) is 0 Å². The highest BCUT2D eigenvalue weighted by molar-refractivity contribution is 5.91. The molecular formula is C29H34FN5O3. The first-order valence-corrected chi connectivity index (χ1v) is 12.5. The monoisotopic (exact) mass is 519 g/mol. The number of rotatable bonds is 10. The summed E-state index contributed by atoms with van der Waals surface area (Å²) in [5.41, 5.74) is 4.24. The molecule has 38 heavy (non-hydrogen) atoms. The number of hydrogen-bond acceptors (Lipinski definition) is 6. The predicted octanol–water partition coefficient (Wildman–Crippen LogP) is 6.26. The first-order chi connectivity index (χ1) is 18.0. The second-order valence-corrected chi connectivity index (χ2v) is 11.1. The number of ether oxygens (including phenoxy) is 1. The molecular weight excluding hydrogens is 485 g/mol. The molecule has 4 rings (SSSR count). The Morgan fingerprint density at radius 3 is 2.42 bits per heavy atom. The maximum atomic E-state index is 13.3. The first-order valence-electron chi connectivity index (χ1n) is 12.5. The van der Waals surface area contributed by atoms with E-state index in [1.807, 2.05) is 51.1 Å². The second kappa shape index (κ2) is 10.8. The van der Waals surface area contributed by atoms with Crippen molar-refractivity contribution in [3.8, 4) is 17.0 Å². The van der Waals surface area contributed by atoms with Crippen molar-refractivity contribution in [3.63, 3.8) is 0 Å². The molecule has 2 aromatic carbocycles. The standard InChI is InChI=1S/C29H34FN5O3/c1-18(19-6-10-21(30)11-7-19)33-25-23-14-24(34-26(23)32-17-31-25)20-8-12-22(13-9-20)38-16-28(2,3)15-29(4,5)27(36)35-37/h6-14,17-18,37H,15-16H2,1-5H3,(H,35,36)(H2,31,32,33,34)/t18-/m1/s1. The quantitative estimate of drug-likeness (QED) is 0.145. The maximum Gasteiger partial charge on any atom is 0.249 e. The van der Waals surface area contributed by atoms with E-state index in [1.165, 1.54) is 18.5 Å². The van der Waals surface area contributed by atoms with E-state index in [0.717, 1.165) is 28.0 Å². The lowest BCUT2D eigenvalue weighted by Gasteiger charge is -2.33. The minimum absolute atomic E-state index is 0.0728. The summed E-state index contributed by atoms with van der Waals surface area (Å²) in [7, 11) is 0. The molecule has 8 nitrogen and oxygen atoms in total. The minimum Gasteiger partial charge on any atom is -0.493 e. The van der Waals surface area contributed by atoms with Crippen LogP contribution in [0.1, 0.15) is 52.6 Å². The molecule has 4 N–H and O–H groups in total. The van der Waals surface area contributed by atoms with Crippen LogP contribution in [-0.4, -0.2) is 32.7 Å². The molecule has 0 radical (unpaired) electrons. The van der Waals surface area contributed by atoms with Crippen LogP contribution in [-0.2, 0) is 4.79 Å².